The third-order valence-corrected chi connectivity index (χ3v) is 5.76. The molecular formula is C19H29ClN2O2. The summed E-state index contributed by atoms with van der Waals surface area (Å²) in [7, 11) is 1.66. The lowest BCUT2D eigenvalue weighted by molar-refractivity contribution is -0.128. The number of carbonyl (C=O) groups excluding carboxylic acids is 1. The van der Waals surface area contributed by atoms with Gasteiger partial charge in [-0.1, -0.05) is 18.6 Å². The molecule has 0 aliphatic heterocycles. The summed E-state index contributed by atoms with van der Waals surface area (Å²) in [5.41, 5.74) is 7.43. The average molecular weight is 353 g/mol. The van der Waals surface area contributed by atoms with E-state index in [1.807, 2.05) is 31.2 Å². The van der Waals surface area contributed by atoms with Crippen LogP contribution in [-0.4, -0.2) is 19.1 Å². The van der Waals surface area contributed by atoms with Crippen LogP contribution in [0.3, 0.4) is 0 Å². The molecule has 0 aromatic heterocycles. The van der Waals surface area contributed by atoms with Crippen molar-refractivity contribution in [2.45, 2.75) is 51.1 Å². The molecule has 2 fully saturated rings. The molecule has 0 spiro atoms. The van der Waals surface area contributed by atoms with Gasteiger partial charge in [-0.3, -0.25) is 4.79 Å². The Balaban J connectivity index is 0.00000208. The van der Waals surface area contributed by atoms with Crippen molar-refractivity contribution in [2.75, 3.05) is 7.11 Å². The molecule has 3 unspecified atom stereocenters. The highest BCUT2D eigenvalue weighted by molar-refractivity contribution is 5.85. The Morgan fingerprint density at radius 2 is 1.79 bits per heavy atom. The molecule has 3 N–H and O–H groups in total. The molecule has 0 radical (unpaired) electrons. The van der Waals surface area contributed by atoms with Gasteiger partial charge in [0.25, 0.3) is 0 Å². The number of halogens is 1. The summed E-state index contributed by atoms with van der Waals surface area (Å²) in [5, 5.41) is 3.19. The molecule has 2 aliphatic carbocycles. The van der Waals surface area contributed by atoms with Crippen LogP contribution in [0.15, 0.2) is 24.3 Å². The van der Waals surface area contributed by atoms with Crippen LogP contribution in [0.5, 0.6) is 5.75 Å². The Kier molecular flexibility index (Phi) is 6.53. The first-order chi connectivity index (χ1) is 11.1. The molecule has 4 nitrogen and oxygen atoms in total. The van der Waals surface area contributed by atoms with Crippen LogP contribution in [-0.2, 0) is 4.79 Å². The van der Waals surface area contributed by atoms with E-state index in [4.69, 9.17) is 10.5 Å². The highest BCUT2D eigenvalue weighted by Crippen LogP contribution is 2.42. The maximum Gasteiger partial charge on any atom is 0.223 e. The van der Waals surface area contributed by atoms with Crippen molar-refractivity contribution >= 4 is 18.3 Å². The Bertz CT molecular complexity index is 535. The number of methoxy groups -OCH3 is 1. The van der Waals surface area contributed by atoms with Gasteiger partial charge in [-0.25, -0.2) is 0 Å². The van der Waals surface area contributed by atoms with Gasteiger partial charge in [0, 0.05) is 12.0 Å². The van der Waals surface area contributed by atoms with Gasteiger partial charge >= 0.3 is 0 Å². The first kappa shape index (κ1) is 19.1. The van der Waals surface area contributed by atoms with E-state index in [9.17, 15) is 4.79 Å². The number of nitrogens with one attached hydrogen (secondary N) is 1. The molecule has 1 aromatic rings. The molecule has 2 aliphatic rings. The second-order valence-corrected chi connectivity index (χ2v) is 7.20. The maximum absolute atomic E-state index is 12.7. The number of amides is 1. The molecule has 2 saturated carbocycles. The third-order valence-electron chi connectivity index (χ3n) is 5.76. The van der Waals surface area contributed by atoms with E-state index in [1.165, 1.54) is 19.3 Å². The number of hydrogen-bond donors (Lipinski definition) is 2. The maximum atomic E-state index is 12.7. The second-order valence-electron chi connectivity index (χ2n) is 7.20. The molecule has 2 bridgehead atoms. The number of hydrogen-bond acceptors (Lipinski definition) is 3. The monoisotopic (exact) mass is 352 g/mol. The van der Waals surface area contributed by atoms with E-state index in [1.54, 1.807) is 7.11 Å². The van der Waals surface area contributed by atoms with Crippen LogP contribution in [0.2, 0.25) is 0 Å². The quantitative estimate of drug-likeness (QED) is 0.872. The number of ether oxygens (including phenoxy) is 1. The minimum absolute atomic E-state index is 0. The molecular weight excluding hydrogens is 324 g/mol. The predicted octanol–water partition coefficient (Wildman–Crippen LogP) is 3.45. The summed E-state index contributed by atoms with van der Waals surface area (Å²) in [4.78, 5) is 12.7. The fourth-order valence-corrected chi connectivity index (χ4v) is 4.31. The molecule has 3 atom stereocenters. The normalized spacial score (nSPS) is 30.0. The SMILES string of the molecule is COc1ccc(C(C)NC(=O)C2CC3CCCC(C2)C3N)cc1.Cl. The zero-order chi connectivity index (χ0) is 16.4. The summed E-state index contributed by atoms with van der Waals surface area (Å²) in [5.74, 6) is 2.23. The van der Waals surface area contributed by atoms with Gasteiger partial charge < -0.3 is 15.8 Å². The summed E-state index contributed by atoms with van der Waals surface area (Å²) in [6.07, 6.45) is 5.57. The van der Waals surface area contributed by atoms with Gasteiger partial charge in [0.2, 0.25) is 5.91 Å². The molecule has 0 saturated heterocycles. The standard InChI is InChI=1S/C19H28N2O2.ClH/c1-12(13-6-8-17(23-2)9-7-13)21-19(22)16-10-14-4-3-5-15(11-16)18(14)20;/h6-9,12,14-16,18H,3-5,10-11,20H2,1-2H3,(H,21,22);1H. The zero-order valence-corrected chi connectivity index (χ0v) is 15.4. The summed E-state index contributed by atoms with van der Waals surface area (Å²) < 4.78 is 5.18. The van der Waals surface area contributed by atoms with Crippen LogP contribution in [0.4, 0.5) is 0 Å². The first-order valence-electron chi connectivity index (χ1n) is 8.78. The Morgan fingerprint density at radius 1 is 1.21 bits per heavy atom. The predicted molar refractivity (Wildman–Crippen MR) is 98.3 cm³/mol. The Hall–Kier alpha value is -1.26. The molecule has 0 heterocycles. The largest absolute Gasteiger partial charge is 0.497 e. The van der Waals surface area contributed by atoms with Gasteiger partial charge in [0.1, 0.15) is 5.75 Å². The molecule has 134 valence electrons. The van der Waals surface area contributed by atoms with Crippen LogP contribution in [0, 0.1) is 17.8 Å². The number of carbonyl (C=O) groups is 1. The van der Waals surface area contributed by atoms with E-state index in [2.05, 4.69) is 5.32 Å². The highest BCUT2D eigenvalue weighted by atomic mass is 35.5. The van der Waals surface area contributed by atoms with Crippen molar-refractivity contribution < 1.29 is 9.53 Å². The van der Waals surface area contributed by atoms with Crippen molar-refractivity contribution in [2.24, 2.45) is 23.5 Å². The van der Waals surface area contributed by atoms with Crippen molar-refractivity contribution in [3.8, 4) is 5.75 Å². The summed E-state index contributed by atoms with van der Waals surface area (Å²) in [6.45, 7) is 2.04. The van der Waals surface area contributed by atoms with E-state index in [0.29, 0.717) is 17.9 Å². The molecule has 24 heavy (non-hydrogen) atoms. The van der Waals surface area contributed by atoms with Crippen molar-refractivity contribution in [1.29, 1.82) is 0 Å². The Morgan fingerprint density at radius 3 is 2.33 bits per heavy atom. The first-order valence-corrected chi connectivity index (χ1v) is 8.78. The zero-order valence-electron chi connectivity index (χ0n) is 14.5. The second kappa shape index (κ2) is 8.21. The number of nitrogens with two attached hydrogens (primary N) is 1. The molecule has 1 aromatic carbocycles. The number of benzene rings is 1. The summed E-state index contributed by atoms with van der Waals surface area (Å²) in [6, 6.07) is 8.21. The van der Waals surface area contributed by atoms with Gasteiger partial charge in [-0.2, -0.15) is 0 Å². The van der Waals surface area contributed by atoms with E-state index in [0.717, 1.165) is 24.2 Å². The minimum Gasteiger partial charge on any atom is -0.497 e. The van der Waals surface area contributed by atoms with Crippen molar-refractivity contribution in [3.63, 3.8) is 0 Å². The lowest BCUT2D eigenvalue weighted by atomic mass is 9.65. The Labute approximate surface area is 150 Å². The van der Waals surface area contributed by atoms with E-state index in [-0.39, 0.29) is 30.3 Å². The molecule has 5 heteroatoms. The van der Waals surface area contributed by atoms with Crippen LogP contribution in [0.1, 0.15) is 50.6 Å². The summed E-state index contributed by atoms with van der Waals surface area (Å²) >= 11 is 0. The minimum atomic E-state index is 0. The van der Waals surface area contributed by atoms with Crippen molar-refractivity contribution in [1.82, 2.24) is 5.32 Å². The fourth-order valence-electron chi connectivity index (χ4n) is 4.31. The lowest BCUT2D eigenvalue weighted by Gasteiger charge is -2.43. The molecule has 1 amide bonds. The van der Waals surface area contributed by atoms with Gasteiger partial charge in [-0.05, 0) is 62.1 Å². The van der Waals surface area contributed by atoms with Gasteiger partial charge in [-0.15, -0.1) is 12.4 Å². The van der Waals surface area contributed by atoms with Crippen molar-refractivity contribution in [3.05, 3.63) is 29.8 Å². The highest BCUT2D eigenvalue weighted by Gasteiger charge is 2.40. The number of rotatable bonds is 4. The smallest absolute Gasteiger partial charge is 0.223 e. The van der Waals surface area contributed by atoms with Gasteiger partial charge in [0.15, 0.2) is 0 Å². The van der Waals surface area contributed by atoms with Gasteiger partial charge in [0.05, 0.1) is 13.2 Å². The van der Waals surface area contributed by atoms with E-state index < -0.39 is 0 Å². The van der Waals surface area contributed by atoms with Crippen LogP contribution < -0.4 is 15.8 Å². The van der Waals surface area contributed by atoms with E-state index >= 15 is 0 Å². The van der Waals surface area contributed by atoms with Crippen LogP contribution in [0.25, 0.3) is 0 Å². The lowest BCUT2D eigenvalue weighted by Crippen LogP contribution is -2.49. The third kappa shape index (κ3) is 4.04. The molecule has 3 rings (SSSR count). The van der Waals surface area contributed by atoms with Crippen LogP contribution >= 0.6 is 12.4 Å². The number of fused-ring (bicyclic) bond motifs is 2. The fraction of sp³-hybridized carbons (Fsp3) is 0.632. The average Bonchev–Trinajstić information content (AvgIpc) is 2.54. The topological polar surface area (TPSA) is 64.3 Å².